The second-order valence-electron chi connectivity index (χ2n) is 4.42. The number of hydrogen-bond acceptors (Lipinski definition) is 6. The van der Waals surface area contributed by atoms with E-state index in [4.69, 9.17) is 9.47 Å². The largest absolute Gasteiger partial charge is 0.466 e. The molecule has 0 aliphatic rings. The van der Waals surface area contributed by atoms with Gasteiger partial charge in [-0.3, -0.25) is 4.79 Å². The van der Waals surface area contributed by atoms with E-state index < -0.39 is 0 Å². The summed E-state index contributed by atoms with van der Waals surface area (Å²) in [5.41, 5.74) is 0. The molecule has 6 heteroatoms. The predicted molar refractivity (Wildman–Crippen MR) is 77.7 cm³/mol. The minimum atomic E-state index is -0.164. The summed E-state index contributed by atoms with van der Waals surface area (Å²) in [6.07, 6.45) is 2.28. The molecule has 6 nitrogen and oxygen atoms in total. The highest BCUT2D eigenvalue weighted by Crippen LogP contribution is 1.91. The Morgan fingerprint density at radius 2 is 1.90 bits per heavy atom. The number of rotatable bonds is 14. The Morgan fingerprint density at radius 3 is 2.55 bits per heavy atom. The molecule has 0 bridgehead atoms. The molecule has 0 fully saturated rings. The Hall–Kier alpha value is -0.980. The molecule has 0 saturated heterocycles. The standard InChI is InChI=1S/C14H28N2O4/c1-3-19-12-13(11-17)10-16-8-5-7-15-9-6-14(18)20-4-2/h11,13,15-16H,3-10,12H2,1-2H3. The van der Waals surface area contributed by atoms with Crippen molar-refractivity contribution in [2.45, 2.75) is 26.7 Å². The summed E-state index contributed by atoms with van der Waals surface area (Å²) in [7, 11) is 0. The van der Waals surface area contributed by atoms with Gasteiger partial charge in [0.2, 0.25) is 0 Å². The van der Waals surface area contributed by atoms with Crippen molar-refractivity contribution < 1.29 is 19.1 Å². The van der Waals surface area contributed by atoms with Crippen molar-refractivity contribution in [3.05, 3.63) is 0 Å². The Labute approximate surface area is 121 Å². The summed E-state index contributed by atoms with van der Waals surface area (Å²) in [6, 6.07) is 0. The first-order valence-corrected chi connectivity index (χ1v) is 7.34. The van der Waals surface area contributed by atoms with Crippen LogP contribution in [0.25, 0.3) is 0 Å². The highest BCUT2D eigenvalue weighted by molar-refractivity contribution is 5.69. The molecule has 0 aliphatic carbocycles. The lowest BCUT2D eigenvalue weighted by Crippen LogP contribution is -2.30. The van der Waals surface area contributed by atoms with Gasteiger partial charge in [-0.05, 0) is 33.4 Å². The summed E-state index contributed by atoms with van der Waals surface area (Å²) >= 11 is 0. The van der Waals surface area contributed by atoms with Crippen molar-refractivity contribution in [1.29, 1.82) is 0 Å². The van der Waals surface area contributed by atoms with E-state index in [1.54, 1.807) is 6.92 Å². The van der Waals surface area contributed by atoms with Crippen LogP contribution in [0.1, 0.15) is 26.7 Å². The molecule has 0 radical (unpaired) electrons. The molecule has 0 saturated carbocycles. The van der Waals surface area contributed by atoms with Gasteiger partial charge in [-0.25, -0.2) is 0 Å². The third-order valence-corrected chi connectivity index (χ3v) is 2.65. The third-order valence-electron chi connectivity index (χ3n) is 2.65. The summed E-state index contributed by atoms with van der Waals surface area (Å²) in [6.45, 7) is 8.22. The van der Waals surface area contributed by atoms with Crippen LogP contribution in [-0.4, -0.2) is 58.3 Å². The fourth-order valence-corrected chi connectivity index (χ4v) is 1.59. The van der Waals surface area contributed by atoms with E-state index in [0.29, 0.717) is 39.3 Å². The maximum absolute atomic E-state index is 11.1. The first kappa shape index (κ1) is 19.0. The molecule has 0 heterocycles. The predicted octanol–water partition coefficient (Wildman–Crippen LogP) is 0.361. The van der Waals surface area contributed by atoms with Crippen molar-refractivity contribution in [2.75, 3.05) is 46.0 Å². The number of esters is 1. The van der Waals surface area contributed by atoms with Crippen LogP contribution in [-0.2, 0) is 19.1 Å². The van der Waals surface area contributed by atoms with Gasteiger partial charge in [0.05, 0.1) is 25.6 Å². The monoisotopic (exact) mass is 288 g/mol. The van der Waals surface area contributed by atoms with Gasteiger partial charge in [-0.2, -0.15) is 0 Å². The average molecular weight is 288 g/mol. The molecule has 2 N–H and O–H groups in total. The quantitative estimate of drug-likeness (QED) is 0.273. The summed E-state index contributed by atoms with van der Waals surface area (Å²) < 4.78 is 10.0. The summed E-state index contributed by atoms with van der Waals surface area (Å²) in [4.78, 5) is 21.8. The van der Waals surface area contributed by atoms with E-state index in [-0.39, 0.29) is 11.9 Å². The third kappa shape index (κ3) is 12.1. The highest BCUT2D eigenvalue weighted by atomic mass is 16.5. The zero-order valence-corrected chi connectivity index (χ0v) is 12.7. The van der Waals surface area contributed by atoms with Crippen LogP contribution in [0, 0.1) is 5.92 Å². The van der Waals surface area contributed by atoms with Gasteiger partial charge < -0.3 is 24.9 Å². The number of aldehydes is 1. The number of carbonyl (C=O) groups is 2. The van der Waals surface area contributed by atoms with E-state index in [0.717, 1.165) is 25.8 Å². The lowest BCUT2D eigenvalue weighted by Gasteiger charge is -2.11. The van der Waals surface area contributed by atoms with Crippen molar-refractivity contribution in [1.82, 2.24) is 10.6 Å². The highest BCUT2D eigenvalue weighted by Gasteiger charge is 2.06. The van der Waals surface area contributed by atoms with Crippen molar-refractivity contribution in [3.8, 4) is 0 Å². The van der Waals surface area contributed by atoms with E-state index >= 15 is 0 Å². The number of carbonyl (C=O) groups excluding carboxylic acids is 2. The molecule has 118 valence electrons. The number of nitrogens with one attached hydrogen (secondary N) is 2. The second-order valence-corrected chi connectivity index (χ2v) is 4.42. The van der Waals surface area contributed by atoms with Crippen LogP contribution >= 0.6 is 0 Å². The Kier molecular flexibility index (Phi) is 13.7. The molecule has 0 aromatic heterocycles. The minimum Gasteiger partial charge on any atom is -0.466 e. The summed E-state index contributed by atoms with van der Waals surface area (Å²) in [5.74, 6) is -0.241. The normalized spacial score (nSPS) is 12.1. The van der Waals surface area contributed by atoms with Crippen molar-refractivity contribution >= 4 is 12.3 Å². The second kappa shape index (κ2) is 14.4. The molecule has 0 amide bonds. The van der Waals surface area contributed by atoms with E-state index in [1.165, 1.54) is 0 Å². The van der Waals surface area contributed by atoms with Crippen LogP contribution in [0.5, 0.6) is 0 Å². The topological polar surface area (TPSA) is 76.7 Å². The van der Waals surface area contributed by atoms with Crippen LogP contribution in [0.15, 0.2) is 0 Å². The molecular formula is C14H28N2O4. The molecule has 1 unspecified atom stereocenters. The van der Waals surface area contributed by atoms with Gasteiger partial charge in [-0.1, -0.05) is 0 Å². The summed E-state index contributed by atoms with van der Waals surface area (Å²) in [5, 5.41) is 6.40. The smallest absolute Gasteiger partial charge is 0.307 e. The number of ether oxygens (including phenoxy) is 2. The molecule has 0 aromatic rings. The van der Waals surface area contributed by atoms with Crippen molar-refractivity contribution in [2.24, 2.45) is 5.92 Å². The van der Waals surface area contributed by atoms with Gasteiger partial charge in [0.15, 0.2) is 0 Å². The number of hydrogen-bond donors (Lipinski definition) is 2. The zero-order valence-electron chi connectivity index (χ0n) is 12.7. The van der Waals surface area contributed by atoms with E-state index in [2.05, 4.69) is 10.6 Å². The van der Waals surface area contributed by atoms with Crippen molar-refractivity contribution in [3.63, 3.8) is 0 Å². The first-order valence-electron chi connectivity index (χ1n) is 7.34. The first-order chi connectivity index (χ1) is 9.74. The average Bonchev–Trinajstić information content (AvgIpc) is 2.45. The molecule has 0 aliphatic heterocycles. The SMILES string of the molecule is CCOCC(C=O)CNCCCNCCC(=O)OCC. The van der Waals surface area contributed by atoms with Gasteiger partial charge >= 0.3 is 5.97 Å². The Bertz CT molecular complexity index is 249. The molecule has 0 rings (SSSR count). The lowest BCUT2D eigenvalue weighted by atomic mass is 10.2. The molecule has 0 aromatic carbocycles. The lowest BCUT2D eigenvalue weighted by molar-refractivity contribution is -0.142. The van der Waals surface area contributed by atoms with Gasteiger partial charge in [0, 0.05) is 19.7 Å². The van der Waals surface area contributed by atoms with Crippen LogP contribution in [0.4, 0.5) is 0 Å². The molecule has 20 heavy (non-hydrogen) atoms. The maximum atomic E-state index is 11.1. The molecule has 0 spiro atoms. The van der Waals surface area contributed by atoms with Gasteiger partial charge in [0.25, 0.3) is 0 Å². The maximum Gasteiger partial charge on any atom is 0.307 e. The molecule has 1 atom stereocenters. The Morgan fingerprint density at radius 1 is 1.15 bits per heavy atom. The van der Waals surface area contributed by atoms with Crippen LogP contribution < -0.4 is 10.6 Å². The molecular weight excluding hydrogens is 260 g/mol. The van der Waals surface area contributed by atoms with Gasteiger partial charge in [0.1, 0.15) is 6.29 Å². The van der Waals surface area contributed by atoms with Crippen LogP contribution in [0.3, 0.4) is 0 Å². The van der Waals surface area contributed by atoms with E-state index in [1.807, 2.05) is 6.92 Å². The fraction of sp³-hybridized carbons (Fsp3) is 0.857. The van der Waals surface area contributed by atoms with Gasteiger partial charge in [-0.15, -0.1) is 0 Å². The fourth-order valence-electron chi connectivity index (χ4n) is 1.59. The zero-order chi connectivity index (χ0) is 15.1. The Balaban J connectivity index is 3.31. The van der Waals surface area contributed by atoms with Crippen LogP contribution in [0.2, 0.25) is 0 Å². The minimum absolute atomic E-state index is 0.0771. The van der Waals surface area contributed by atoms with E-state index in [9.17, 15) is 9.59 Å².